The van der Waals surface area contributed by atoms with Crippen LogP contribution in [0.15, 0.2) is 315 Å². The number of hydrogen-bond donors (Lipinski definition) is 0. The minimum absolute atomic E-state index is 1.08. The van der Waals surface area contributed by atoms with E-state index in [9.17, 15) is 0 Å². The van der Waals surface area contributed by atoms with Gasteiger partial charge in [-0.3, -0.25) is 0 Å². The standard InChI is InChI=1S/C78H52N4/c1-3-19-58-49-66(47-37-53(58)17-1)79(62-23-15-25-64(51-62)81-74-33-9-5-27-70(74)71-28-6-10-34-75(71)81)60-43-39-55(40-44-60)68-31-13-21-57-22-14-32-69(78(57)68)56-41-45-61(46-42-56)80(67-48-38-54-18-2-4-20-59(54)50-67)63-24-16-26-65(52-63)82-76-35-11-7-29-72(76)73-30-8-12-36-77(73)82/h1-52H. The number of anilines is 6. The lowest BCUT2D eigenvalue weighted by molar-refractivity contribution is 1.17. The van der Waals surface area contributed by atoms with Gasteiger partial charge in [-0.2, -0.15) is 0 Å². The molecule has 0 atom stereocenters. The van der Waals surface area contributed by atoms with E-state index in [2.05, 4.69) is 334 Å². The molecule has 0 fully saturated rings. The van der Waals surface area contributed by atoms with E-state index in [0.29, 0.717) is 0 Å². The third-order valence-electron chi connectivity index (χ3n) is 16.6. The average molecular weight is 1050 g/mol. The van der Waals surface area contributed by atoms with Crippen LogP contribution in [0.25, 0.3) is 110 Å². The molecule has 4 heteroatoms. The third-order valence-corrected chi connectivity index (χ3v) is 16.6. The maximum atomic E-state index is 2.40. The van der Waals surface area contributed by atoms with Gasteiger partial charge in [0.1, 0.15) is 0 Å². The van der Waals surface area contributed by atoms with Crippen molar-refractivity contribution in [2.24, 2.45) is 0 Å². The Morgan fingerprint density at radius 1 is 0.207 bits per heavy atom. The molecule has 2 heterocycles. The number of fused-ring (bicyclic) bond motifs is 9. The van der Waals surface area contributed by atoms with Crippen LogP contribution in [0.2, 0.25) is 0 Å². The molecule has 14 aromatic carbocycles. The van der Waals surface area contributed by atoms with Crippen molar-refractivity contribution in [1.82, 2.24) is 9.13 Å². The monoisotopic (exact) mass is 1040 g/mol. The molecule has 0 spiro atoms. The molecule has 0 aliphatic carbocycles. The fourth-order valence-electron chi connectivity index (χ4n) is 12.9. The van der Waals surface area contributed by atoms with Crippen LogP contribution < -0.4 is 9.80 Å². The van der Waals surface area contributed by atoms with Crippen molar-refractivity contribution in [2.45, 2.75) is 0 Å². The van der Waals surface area contributed by atoms with Gasteiger partial charge >= 0.3 is 0 Å². The van der Waals surface area contributed by atoms with Crippen LogP contribution in [0.1, 0.15) is 0 Å². The molecule has 16 aromatic rings. The number of rotatable bonds is 10. The van der Waals surface area contributed by atoms with Gasteiger partial charge in [0.05, 0.1) is 22.1 Å². The molecule has 0 saturated carbocycles. The minimum Gasteiger partial charge on any atom is -0.310 e. The number of hydrogen-bond acceptors (Lipinski definition) is 2. The molecule has 384 valence electrons. The van der Waals surface area contributed by atoms with Gasteiger partial charge in [-0.05, 0) is 164 Å². The van der Waals surface area contributed by atoms with Crippen molar-refractivity contribution in [3.63, 3.8) is 0 Å². The van der Waals surface area contributed by atoms with E-state index in [1.54, 1.807) is 0 Å². The molecule has 0 amide bonds. The highest BCUT2D eigenvalue weighted by Crippen LogP contribution is 2.44. The molecule has 16 rings (SSSR count). The maximum absolute atomic E-state index is 2.40. The SMILES string of the molecule is c1cc(N(c2ccc(-c3cccc4cccc(-c5ccc(N(c6cccc(-n7c8ccccc8c8ccccc87)c6)c6ccc7ccccc7c6)cc5)c34)cc2)c2ccc3ccccc3c2)cc(-n2c3ccccc3c3ccccc32)c1. The first-order valence-electron chi connectivity index (χ1n) is 28.1. The summed E-state index contributed by atoms with van der Waals surface area (Å²) in [5.74, 6) is 0. The molecule has 0 aliphatic rings. The van der Waals surface area contributed by atoms with Gasteiger partial charge in [-0.25, -0.2) is 0 Å². The summed E-state index contributed by atoms with van der Waals surface area (Å²) in [7, 11) is 0. The van der Waals surface area contributed by atoms with Crippen LogP contribution in [0, 0.1) is 0 Å². The summed E-state index contributed by atoms with van der Waals surface area (Å²) in [6, 6.07) is 115. The highest BCUT2D eigenvalue weighted by atomic mass is 15.2. The van der Waals surface area contributed by atoms with Gasteiger partial charge in [0.2, 0.25) is 0 Å². The van der Waals surface area contributed by atoms with E-state index in [1.165, 1.54) is 87.1 Å². The zero-order chi connectivity index (χ0) is 54.1. The molecule has 0 aliphatic heterocycles. The molecular weight excluding hydrogens is 993 g/mol. The summed E-state index contributed by atoms with van der Waals surface area (Å²) < 4.78 is 4.80. The first kappa shape index (κ1) is 47.1. The van der Waals surface area contributed by atoms with Gasteiger partial charge in [-0.1, -0.05) is 206 Å². The van der Waals surface area contributed by atoms with Crippen LogP contribution in [-0.2, 0) is 0 Å². The Kier molecular flexibility index (Phi) is 11.2. The van der Waals surface area contributed by atoms with E-state index < -0.39 is 0 Å². The molecule has 0 N–H and O–H groups in total. The number of para-hydroxylation sites is 4. The highest BCUT2D eigenvalue weighted by molar-refractivity contribution is 6.11. The van der Waals surface area contributed by atoms with Crippen LogP contribution in [0.4, 0.5) is 34.1 Å². The predicted molar refractivity (Wildman–Crippen MR) is 348 cm³/mol. The topological polar surface area (TPSA) is 16.3 Å². The Morgan fingerprint density at radius 3 is 0.927 bits per heavy atom. The Hall–Kier alpha value is -10.9. The van der Waals surface area contributed by atoms with Gasteiger partial charge < -0.3 is 18.9 Å². The zero-order valence-corrected chi connectivity index (χ0v) is 44.8. The fourth-order valence-corrected chi connectivity index (χ4v) is 12.9. The molecule has 4 nitrogen and oxygen atoms in total. The summed E-state index contributed by atoms with van der Waals surface area (Å²) in [5, 5.41) is 12.2. The Bertz CT molecular complexity index is 4700. The van der Waals surface area contributed by atoms with Crippen molar-refractivity contribution >= 4 is 110 Å². The Balaban J connectivity index is 0.786. The summed E-state index contributed by atoms with van der Waals surface area (Å²) in [6.07, 6.45) is 0. The highest BCUT2D eigenvalue weighted by Gasteiger charge is 2.21. The lowest BCUT2D eigenvalue weighted by Crippen LogP contribution is -2.10. The second kappa shape index (κ2) is 19.5. The number of aromatic nitrogens is 2. The van der Waals surface area contributed by atoms with Gasteiger partial charge in [0, 0.05) is 67.0 Å². The first-order valence-corrected chi connectivity index (χ1v) is 28.1. The largest absolute Gasteiger partial charge is 0.310 e. The molecule has 2 aromatic heterocycles. The Morgan fingerprint density at radius 2 is 0.524 bits per heavy atom. The summed E-state index contributed by atoms with van der Waals surface area (Å²) >= 11 is 0. The van der Waals surface area contributed by atoms with Crippen LogP contribution in [0.5, 0.6) is 0 Å². The normalized spacial score (nSPS) is 11.7. The molecule has 82 heavy (non-hydrogen) atoms. The average Bonchev–Trinajstić information content (AvgIpc) is 4.14. The van der Waals surface area contributed by atoms with Crippen LogP contribution >= 0.6 is 0 Å². The van der Waals surface area contributed by atoms with E-state index in [0.717, 1.165) is 56.6 Å². The molecule has 0 bridgehead atoms. The number of nitrogens with zero attached hydrogens (tertiary/aromatic N) is 4. The smallest absolute Gasteiger partial charge is 0.0541 e. The Labute approximate surface area is 475 Å². The third kappa shape index (κ3) is 7.91. The molecule has 0 saturated heterocycles. The fraction of sp³-hybridized carbons (Fsp3) is 0. The predicted octanol–water partition coefficient (Wildman–Crippen LogP) is 21.6. The minimum atomic E-state index is 1.08. The van der Waals surface area contributed by atoms with E-state index in [4.69, 9.17) is 0 Å². The van der Waals surface area contributed by atoms with Crippen molar-refractivity contribution in [3.05, 3.63) is 315 Å². The van der Waals surface area contributed by atoms with E-state index in [-0.39, 0.29) is 0 Å². The quantitative estimate of drug-likeness (QED) is 0.136. The zero-order valence-electron chi connectivity index (χ0n) is 44.8. The van der Waals surface area contributed by atoms with Gasteiger partial charge in [0.25, 0.3) is 0 Å². The summed E-state index contributed by atoms with van der Waals surface area (Å²) in [5.41, 5.74) is 18.2. The van der Waals surface area contributed by atoms with Crippen molar-refractivity contribution in [3.8, 4) is 33.6 Å². The second-order valence-electron chi connectivity index (χ2n) is 21.3. The van der Waals surface area contributed by atoms with E-state index in [1.807, 2.05) is 0 Å². The van der Waals surface area contributed by atoms with E-state index >= 15 is 0 Å². The van der Waals surface area contributed by atoms with Crippen molar-refractivity contribution in [1.29, 1.82) is 0 Å². The lowest BCUT2D eigenvalue weighted by atomic mass is 9.91. The van der Waals surface area contributed by atoms with Crippen molar-refractivity contribution in [2.75, 3.05) is 9.80 Å². The second-order valence-corrected chi connectivity index (χ2v) is 21.3. The van der Waals surface area contributed by atoms with Crippen LogP contribution in [0.3, 0.4) is 0 Å². The summed E-state index contributed by atoms with van der Waals surface area (Å²) in [6.45, 7) is 0. The maximum Gasteiger partial charge on any atom is 0.0541 e. The molecule has 0 unspecified atom stereocenters. The lowest BCUT2D eigenvalue weighted by Gasteiger charge is -2.27. The molecule has 0 radical (unpaired) electrons. The molecular formula is C78H52N4. The van der Waals surface area contributed by atoms with Gasteiger partial charge in [-0.15, -0.1) is 0 Å². The first-order chi connectivity index (χ1) is 40.7. The van der Waals surface area contributed by atoms with Crippen molar-refractivity contribution < 1.29 is 0 Å². The van der Waals surface area contributed by atoms with Gasteiger partial charge in [0.15, 0.2) is 0 Å². The summed E-state index contributed by atoms with van der Waals surface area (Å²) in [4.78, 5) is 4.79. The number of benzene rings is 14. The van der Waals surface area contributed by atoms with Crippen LogP contribution in [-0.4, -0.2) is 9.13 Å².